The number of amides is 1. The Kier molecular flexibility index (Phi) is 8.44. The Morgan fingerprint density at radius 2 is 1.94 bits per heavy atom. The van der Waals surface area contributed by atoms with Gasteiger partial charge in [0.1, 0.15) is 10.9 Å². The second kappa shape index (κ2) is 10.9. The van der Waals surface area contributed by atoms with Gasteiger partial charge in [0.25, 0.3) is 5.91 Å². The number of carbonyl (C=O) groups excluding carboxylic acids is 1. The predicted octanol–water partition coefficient (Wildman–Crippen LogP) is 6.94. The predicted molar refractivity (Wildman–Crippen MR) is 136 cm³/mol. The lowest BCUT2D eigenvalue weighted by molar-refractivity contribution is -0.122. The molecule has 0 bridgehead atoms. The Balaban J connectivity index is 1.84. The zero-order chi connectivity index (χ0) is 22.5. The molecule has 4 nitrogen and oxygen atoms in total. The highest BCUT2D eigenvalue weighted by Gasteiger charge is 2.32. The largest absolute Gasteiger partial charge is 0.490 e. The molecule has 0 atom stereocenters. The summed E-state index contributed by atoms with van der Waals surface area (Å²) < 4.78 is 13.2. The Labute approximate surface area is 206 Å². The van der Waals surface area contributed by atoms with E-state index in [4.69, 9.17) is 33.3 Å². The Bertz CT molecular complexity index is 1010. The third-order valence-electron chi connectivity index (χ3n) is 4.35. The smallest absolute Gasteiger partial charge is 0.266 e. The van der Waals surface area contributed by atoms with Crippen LogP contribution in [0.1, 0.15) is 31.9 Å². The van der Waals surface area contributed by atoms with Crippen molar-refractivity contribution < 1.29 is 14.3 Å². The summed E-state index contributed by atoms with van der Waals surface area (Å²) in [6.45, 7) is 7.54. The van der Waals surface area contributed by atoms with E-state index in [0.717, 1.165) is 15.6 Å². The van der Waals surface area contributed by atoms with Gasteiger partial charge in [0.05, 0.1) is 16.0 Å². The van der Waals surface area contributed by atoms with Gasteiger partial charge < -0.3 is 9.47 Å². The molecule has 164 valence electrons. The van der Waals surface area contributed by atoms with E-state index in [9.17, 15) is 4.79 Å². The summed E-state index contributed by atoms with van der Waals surface area (Å²) in [7, 11) is 0. The van der Waals surface area contributed by atoms with Gasteiger partial charge in [-0.3, -0.25) is 9.69 Å². The van der Waals surface area contributed by atoms with Crippen LogP contribution in [0.2, 0.25) is 5.02 Å². The summed E-state index contributed by atoms with van der Waals surface area (Å²) in [6.07, 6.45) is 1.84. The summed E-state index contributed by atoms with van der Waals surface area (Å²) >= 11 is 16.3. The van der Waals surface area contributed by atoms with Gasteiger partial charge in [-0.05, 0) is 70.2 Å². The molecule has 2 aromatic rings. The van der Waals surface area contributed by atoms with E-state index in [0.29, 0.717) is 51.4 Å². The van der Waals surface area contributed by atoms with Gasteiger partial charge in [-0.2, -0.15) is 0 Å². The second-order valence-electron chi connectivity index (χ2n) is 7.36. The molecule has 1 aliphatic heterocycles. The molecule has 1 amide bonds. The molecular formula is C23H23BrClNO3S2. The van der Waals surface area contributed by atoms with Crippen molar-refractivity contribution in [3.8, 4) is 11.5 Å². The molecule has 1 fully saturated rings. The Hall–Kier alpha value is -1.54. The van der Waals surface area contributed by atoms with Gasteiger partial charge in [0, 0.05) is 11.6 Å². The van der Waals surface area contributed by atoms with Gasteiger partial charge in [0.2, 0.25) is 0 Å². The minimum Gasteiger partial charge on any atom is -0.490 e. The van der Waals surface area contributed by atoms with Gasteiger partial charge in [-0.1, -0.05) is 61.6 Å². The molecule has 0 saturated carbocycles. The van der Waals surface area contributed by atoms with E-state index in [2.05, 4.69) is 29.8 Å². The highest BCUT2D eigenvalue weighted by Crippen LogP contribution is 2.40. The van der Waals surface area contributed by atoms with Crippen molar-refractivity contribution in [1.82, 2.24) is 4.90 Å². The molecular weight excluding hydrogens is 518 g/mol. The second-order valence-corrected chi connectivity index (χ2v) is 10.3. The molecule has 0 N–H and O–H groups in total. The summed E-state index contributed by atoms with van der Waals surface area (Å²) in [4.78, 5) is 15.0. The van der Waals surface area contributed by atoms with Crippen molar-refractivity contribution in [3.05, 3.63) is 61.9 Å². The minimum absolute atomic E-state index is 0.0548. The lowest BCUT2D eigenvalue weighted by Gasteiger charge is -2.16. The van der Waals surface area contributed by atoms with Crippen LogP contribution in [0.25, 0.3) is 6.08 Å². The average molecular weight is 541 g/mol. The summed E-state index contributed by atoms with van der Waals surface area (Å²) in [5.41, 5.74) is 1.83. The van der Waals surface area contributed by atoms with E-state index in [-0.39, 0.29) is 5.91 Å². The van der Waals surface area contributed by atoms with Crippen molar-refractivity contribution in [2.24, 2.45) is 5.92 Å². The monoisotopic (exact) mass is 539 g/mol. The molecule has 0 radical (unpaired) electrons. The van der Waals surface area contributed by atoms with Gasteiger partial charge in [-0.25, -0.2) is 0 Å². The van der Waals surface area contributed by atoms with Crippen LogP contribution in [0.3, 0.4) is 0 Å². The average Bonchev–Trinajstić information content (AvgIpc) is 2.96. The normalized spacial score (nSPS) is 15.3. The van der Waals surface area contributed by atoms with Crippen molar-refractivity contribution in [2.45, 2.75) is 27.4 Å². The molecule has 8 heteroatoms. The van der Waals surface area contributed by atoms with Crippen LogP contribution in [0.4, 0.5) is 0 Å². The molecule has 31 heavy (non-hydrogen) atoms. The number of carbonyl (C=O) groups is 1. The van der Waals surface area contributed by atoms with Gasteiger partial charge in [-0.15, -0.1) is 0 Å². The maximum absolute atomic E-state index is 12.8. The van der Waals surface area contributed by atoms with Crippen LogP contribution in [-0.2, 0) is 11.4 Å². The fourth-order valence-corrected chi connectivity index (χ4v) is 4.96. The van der Waals surface area contributed by atoms with Crippen LogP contribution >= 0.6 is 51.5 Å². The summed E-state index contributed by atoms with van der Waals surface area (Å²) in [5.74, 6) is 1.51. The summed E-state index contributed by atoms with van der Waals surface area (Å²) in [6, 6.07) is 11.3. The first kappa shape index (κ1) is 24.1. The number of thioether (sulfide) groups is 1. The van der Waals surface area contributed by atoms with Crippen LogP contribution in [0.5, 0.6) is 11.5 Å². The lowest BCUT2D eigenvalue weighted by atomic mass is 10.1. The zero-order valence-electron chi connectivity index (χ0n) is 17.5. The molecule has 0 spiro atoms. The van der Waals surface area contributed by atoms with E-state index >= 15 is 0 Å². The van der Waals surface area contributed by atoms with Gasteiger partial charge in [0.15, 0.2) is 11.5 Å². The highest BCUT2D eigenvalue weighted by atomic mass is 79.9. The number of benzene rings is 2. The number of hydrogen-bond acceptors (Lipinski definition) is 5. The van der Waals surface area contributed by atoms with E-state index in [1.54, 1.807) is 4.90 Å². The molecule has 1 heterocycles. The fraction of sp³-hybridized carbons (Fsp3) is 0.304. The van der Waals surface area contributed by atoms with Crippen molar-refractivity contribution in [1.29, 1.82) is 0 Å². The lowest BCUT2D eigenvalue weighted by Crippen LogP contribution is -2.31. The number of halogens is 2. The van der Waals surface area contributed by atoms with Crippen LogP contribution in [-0.4, -0.2) is 28.3 Å². The first-order valence-corrected chi connectivity index (χ1v) is 12.3. The maximum Gasteiger partial charge on any atom is 0.266 e. The van der Waals surface area contributed by atoms with Gasteiger partial charge >= 0.3 is 0 Å². The number of rotatable bonds is 8. The number of ether oxygens (including phenoxy) is 2. The van der Waals surface area contributed by atoms with Crippen LogP contribution in [0.15, 0.2) is 45.8 Å². The van der Waals surface area contributed by atoms with Crippen LogP contribution in [0, 0.1) is 5.92 Å². The fourth-order valence-electron chi connectivity index (χ4n) is 2.98. The first-order chi connectivity index (χ1) is 14.8. The molecule has 0 aliphatic carbocycles. The standard InChI is InChI=1S/C23H23BrClNO3S2/c1-4-28-19-10-16(11-20-22(27)26(12-14(2)3)23(30)31-20)9-18(24)21(19)29-13-15-5-7-17(25)8-6-15/h5-11,14H,4,12-13H2,1-3H3/b20-11-. The first-order valence-electron chi connectivity index (χ1n) is 9.87. The molecule has 0 unspecified atom stereocenters. The van der Waals surface area contributed by atoms with Crippen LogP contribution < -0.4 is 9.47 Å². The highest BCUT2D eigenvalue weighted by molar-refractivity contribution is 9.10. The summed E-state index contributed by atoms with van der Waals surface area (Å²) in [5, 5.41) is 0.683. The SMILES string of the molecule is CCOc1cc(/C=C2\SC(=S)N(CC(C)C)C2=O)cc(Br)c1OCc1ccc(Cl)cc1. The van der Waals surface area contributed by atoms with E-state index < -0.39 is 0 Å². The Morgan fingerprint density at radius 3 is 2.58 bits per heavy atom. The third kappa shape index (κ3) is 6.25. The topological polar surface area (TPSA) is 38.8 Å². The number of hydrogen-bond donors (Lipinski definition) is 0. The Morgan fingerprint density at radius 1 is 1.23 bits per heavy atom. The quantitative estimate of drug-likeness (QED) is 0.268. The van der Waals surface area contributed by atoms with Crippen molar-refractivity contribution >= 4 is 67.8 Å². The van der Waals surface area contributed by atoms with E-state index in [1.165, 1.54) is 11.8 Å². The number of nitrogens with zero attached hydrogens (tertiary/aromatic N) is 1. The third-order valence-corrected chi connectivity index (χ3v) is 6.57. The van der Waals surface area contributed by atoms with Crippen molar-refractivity contribution in [2.75, 3.05) is 13.2 Å². The zero-order valence-corrected chi connectivity index (χ0v) is 21.5. The molecule has 1 saturated heterocycles. The maximum atomic E-state index is 12.8. The number of thiocarbonyl (C=S) groups is 1. The van der Waals surface area contributed by atoms with Crippen molar-refractivity contribution in [3.63, 3.8) is 0 Å². The molecule has 3 rings (SSSR count). The molecule has 2 aromatic carbocycles. The minimum atomic E-state index is -0.0548. The molecule has 0 aromatic heterocycles. The molecule has 1 aliphatic rings. The van der Waals surface area contributed by atoms with E-state index in [1.807, 2.05) is 49.4 Å².